The molecule has 0 aromatic heterocycles. The van der Waals surface area contributed by atoms with E-state index < -0.39 is 0 Å². The first-order valence-corrected chi connectivity index (χ1v) is 8.06. The summed E-state index contributed by atoms with van der Waals surface area (Å²) in [6.45, 7) is 13.7. The second kappa shape index (κ2) is 11.0. The van der Waals surface area contributed by atoms with Gasteiger partial charge in [0.2, 0.25) is 5.91 Å². The highest BCUT2D eigenvalue weighted by molar-refractivity contribution is 5.77. The van der Waals surface area contributed by atoms with Gasteiger partial charge in [-0.25, -0.2) is 0 Å². The zero-order valence-corrected chi connectivity index (χ0v) is 13.9. The predicted octanol–water partition coefficient (Wildman–Crippen LogP) is -0.388. The number of carbonyl (C=O) groups excluding carboxylic acids is 1. The Bertz CT molecular complexity index is 281. The Labute approximate surface area is 129 Å². The number of piperazine rings is 1. The van der Waals surface area contributed by atoms with Crippen molar-refractivity contribution in [1.29, 1.82) is 0 Å². The fourth-order valence-electron chi connectivity index (χ4n) is 2.52. The minimum absolute atomic E-state index is 0.0637. The van der Waals surface area contributed by atoms with Crippen molar-refractivity contribution in [1.82, 2.24) is 20.4 Å². The van der Waals surface area contributed by atoms with E-state index in [1.54, 1.807) is 7.11 Å². The average Bonchev–Trinajstić information content (AvgIpc) is 2.50. The summed E-state index contributed by atoms with van der Waals surface area (Å²) in [5.74, 6) is 0.551. The van der Waals surface area contributed by atoms with Crippen LogP contribution >= 0.6 is 0 Å². The SMILES string of the molecule is CCN1CCN(CC(C)CNC(=O)CNCCOC)CC1. The van der Waals surface area contributed by atoms with Crippen LogP contribution in [0.2, 0.25) is 0 Å². The first-order valence-electron chi connectivity index (χ1n) is 8.06. The molecule has 21 heavy (non-hydrogen) atoms. The third-order valence-corrected chi connectivity index (χ3v) is 3.90. The van der Waals surface area contributed by atoms with Crippen molar-refractivity contribution in [2.24, 2.45) is 5.92 Å². The Balaban J connectivity index is 2.05. The van der Waals surface area contributed by atoms with Crippen LogP contribution in [0.1, 0.15) is 13.8 Å². The number of methoxy groups -OCH3 is 1. The molecule has 1 amide bonds. The number of rotatable bonds is 10. The van der Waals surface area contributed by atoms with Crippen LogP contribution in [-0.2, 0) is 9.53 Å². The van der Waals surface area contributed by atoms with E-state index in [0.717, 1.165) is 32.7 Å². The molecule has 0 spiro atoms. The average molecular weight is 300 g/mol. The molecule has 1 fully saturated rings. The number of likely N-dealkylation sites (N-methyl/N-ethyl adjacent to an activating group) is 1. The van der Waals surface area contributed by atoms with Crippen LogP contribution in [0.5, 0.6) is 0 Å². The Hall–Kier alpha value is -0.690. The second-order valence-corrected chi connectivity index (χ2v) is 5.81. The van der Waals surface area contributed by atoms with Gasteiger partial charge in [0.25, 0.3) is 0 Å². The summed E-state index contributed by atoms with van der Waals surface area (Å²) in [5.41, 5.74) is 0. The summed E-state index contributed by atoms with van der Waals surface area (Å²) in [4.78, 5) is 16.6. The fourth-order valence-corrected chi connectivity index (χ4v) is 2.52. The summed E-state index contributed by atoms with van der Waals surface area (Å²) >= 11 is 0. The standard InChI is InChI=1S/C15H32N4O2/c1-4-18-6-8-19(9-7-18)13-14(2)11-17-15(20)12-16-5-10-21-3/h14,16H,4-13H2,1-3H3,(H,17,20). The number of nitrogens with zero attached hydrogens (tertiary/aromatic N) is 2. The van der Waals surface area contributed by atoms with Crippen LogP contribution in [0.3, 0.4) is 0 Å². The van der Waals surface area contributed by atoms with Crippen LogP contribution in [0.4, 0.5) is 0 Å². The van der Waals surface area contributed by atoms with Gasteiger partial charge in [0.15, 0.2) is 0 Å². The molecule has 6 nitrogen and oxygen atoms in total. The second-order valence-electron chi connectivity index (χ2n) is 5.81. The van der Waals surface area contributed by atoms with E-state index in [1.165, 1.54) is 13.1 Å². The third-order valence-electron chi connectivity index (χ3n) is 3.90. The minimum Gasteiger partial charge on any atom is -0.383 e. The van der Waals surface area contributed by atoms with Gasteiger partial charge in [-0.3, -0.25) is 4.79 Å². The molecular weight excluding hydrogens is 268 g/mol. The molecule has 6 heteroatoms. The quantitative estimate of drug-likeness (QED) is 0.538. The fraction of sp³-hybridized carbons (Fsp3) is 0.933. The third kappa shape index (κ3) is 8.36. The van der Waals surface area contributed by atoms with E-state index in [4.69, 9.17) is 4.74 Å². The molecule has 0 aliphatic carbocycles. The smallest absolute Gasteiger partial charge is 0.233 e. The first-order chi connectivity index (χ1) is 10.2. The number of amides is 1. The van der Waals surface area contributed by atoms with Crippen molar-refractivity contribution < 1.29 is 9.53 Å². The summed E-state index contributed by atoms with van der Waals surface area (Å²) < 4.78 is 4.92. The van der Waals surface area contributed by atoms with E-state index in [2.05, 4.69) is 34.3 Å². The largest absolute Gasteiger partial charge is 0.383 e. The Morgan fingerprint density at radius 1 is 1.24 bits per heavy atom. The number of carbonyl (C=O) groups is 1. The maximum atomic E-state index is 11.7. The summed E-state index contributed by atoms with van der Waals surface area (Å²) in [5, 5.41) is 6.04. The lowest BCUT2D eigenvalue weighted by molar-refractivity contribution is -0.120. The van der Waals surface area contributed by atoms with Crippen molar-refractivity contribution in [3.8, 4) is 0 Å². The maximum Gasteiger partial charge on any atom is 0.233 e. The van der Waals surface area contributed by atoms with Crippen molar-refractivity contribution in [2.45, 2.75) is 13.8 Å². The zero-order valence-electron chi connectivity index (χ0n) is 13.9. The van der Waals surface area contributed by atoms with Gasteiger partial charge in [-0.15, -0.1) is 0 Å². The highest BCUT2D eigenvalue weighted by Gasteiger charge is 2.17. The molecule has 124 valence electrons. The van der Waals surface area contributed by atoms with Crippen molar-refractivity contribution >= 4 is 5.91 Å². The molecular formula is C15H32N4O2. The Morgan fingerprint density at radius 2 is 1.90 bits per heavy atom. The summed E-state index contributed by atoms with van der Waals surface area (Å²) in [6.07, 6.45) is 0. The number of nitrogens with one attached hydrogen (secondary N) is 2. The van der Waals surface area contributed by atoms with Gasteiger partial charge in [-0.2, -0.15) is 0 Å². The normalized spacial score (nSPS) is 18.6. The molecule has 0 aromatic carbocycles. The Morgan fingerprint density at radius 3 is 2.52 bits per heavy atom. The molecule has 1 aliphatic heterocycles. The molecule has 1 atom stereocenters. The first kappa shape index (κ1) is 18.4. The van der Waals surface area contributed by atoms with Gasteiger partial charge in [0, 0.05) is 52.9 Å². The van der Waals surface area contributed by atoms with E-state index in [1.807, 2.05) is 0 Å². The van der Waals surface area contributed by atoms with Gasteiger partial charge < -0.3 is 25.2 Å². The van der Waals surface area contributed by atoms with Crippen molar-refractivity contribution in [3.63, 3.8) is 0 Å². The van der Waals surface area contributed by atoms with Crippen LogP contribution in [0.15, 0.2) is 0 Å². The molecule has 1 aliphatic rings. The van der Waals surface area contributed by atoms with Crippen LogP contribution in [-0.4, -0.2) is 88.3 Å². The lowest BCUT2D eigenvalue weighted by Gasteiger charge is -2.35. The molecule has 1 rings (SSSR count). The minimum atomic E-state index is 0.0637. The highest BCUT2D eigenvalue weighted by atomic mass is 16.5. The van der Waals surface area contributed by atoms with E-state index in [-0.39, 0.29) is 5.91 Å². The lowest BCUT2D eigenvalue weighted by atomic mass is 10.1. The summed E-state index contributed by atoms with van der Waals surface area (Å²) in [6, 6.07) is 0. The molecule has 1 saturated heterocycles. The topological polar surface area (TPSA) is 56.8 Å². The van der Waals surface area contributed by atoms with Gasteiger partial charge in [0.1, 0.15) is 0 Å². The van der Waals surface area contributed by atoms with Crippen LogP contribution in [0.25, 0.3) is 0 Å². The van der Waals surface area contributed by atoms with E-state index >= 15 is 0 Å². The summed E-state index contributed by atoms with van der Waals surface area (Å²) in [7, 11) is 1.66. The number of hydrogen-bond donors (Lipinski definition) is 2. The molecule has 0 radical (unpaired) electrons. The zero-order chi connectivity index (χ0) is 15.5. The van der Waals surface area contributed by atoms with Gasteiger partial charge in [0.05, 0.1) is 13.2 Å². The molecule has 1 heterocycles. The van der Waals surface area contributed by atoms with E-state index in [9.17, 15) is 4.79 Å². The monoisotopic (exact) mass is 300 g/mol. The van der Waals surface area contributed by atoms with Crippen LogP contribution in [0, 0.1) is 5.92 Å². The molecule has 2 N–H and O–H groups in total. The molecule has 0 saturated carbocycles. The highest BCUT2D eigenvalue weighted by Crippen LogP contribution is 2.04. The van der Waals surface area contributed by atoms with Gasteiger partial charge >= 0.3 is 0 Å². The molecule has 1 unspecified atom stereocenters. The van der Waals surface area contributed by atoms with Crippen molar-refractivity contribution in [3.05, 3.63) is 0 Å². The number of ether oxygens (including phenoxy) is 1. The van der Waals surface area contributed by atoms with Gasteiger partial charge in [-0.05, 0) is 12.5 Å². The lowest BCUT2D eigenvalue weighted by Crippen LogP contribution is -2.48. The van der Waals surface area contributed by atoms with E-state index in [0.29, 0.717) is 25.6 Å². The number of hydrogen-bond acceptors (Lipinski definition) is 5. The maximum absolute atomic E-state index is 11.7. The molecule has 0 aromatic rings. The molecule has 0 bridgehead atoms. The van der Waals surface area contributed by atoms with Crippen LogP contribution < -0.4 is 10.6 Å². The van der Waals surface area contributed by atoms with Gasteiger partial charge in [-0.1, -0.05) is 13.8 Å². The Kier molecular flexibility index (Phi) is 9.58. The predicted molar refractivity (Wildman–Crippen MR) is 85.5 cm³/mol. The van der Waals surface area contributed by atoms with Crippen molar-refractivity contribution in [2.75, 3.05) is 72.6 Å².